The van der Waals surface area contributed by atoms with Crippen molar-refractivity contribution in [1.82, 2.24) is 4.90 Å². The molecule has 0 spiro atoms. The summed E-state index contributed by atoms with van der Waals surface area (Å²) in [7, 11) is -1.49. The molecule has 4 fully saturated rings. The van der Waals surface area contributed by atoms with Gasteiger partial charge in [-0.15, -0.1) is 0 Å². The predicted molar refractivity (Wildman–Crippen MR) is 89.2 cm³/mol. The van der Waals surface area contributed by atoms with E-state index >= 15 is 0 Å². The van der Waals surface area contributed by atoms with Crippen LogP contribution in [0.2, 0.25) is 0 Å². The molecular weight excluding hydrogens is 336 g/mol. The van der Waals surface area contributed by atoms with Crippen molar-refractivity contribution in [2.45, 2.75) is 43.0 Å². The van der Waals surface area contributed by atoms with Gasteiger partial charge < -0.3 is 9.64 Å². The van der Waals surface area contributed by atoms with Gasteiger partial charge in [0, 0.05) is 18.4 Å². The number of thioether (sulfide) groups is 1. The zero-order valence-corrected chi connectivity index (χ0v) is 14.8. The van der Waals surface area contributed by atoms with Gasteiger partial charge in [0.15, 0.2) is 15.0 Å². The first-order chi connectivity index (χ1) is 11.0. The molecule has 0 aromatic rings. The number of fused-ring (bicyclic) bond motifs is 3. The first kappa shape index (κ1) is 15.9. The lowest BCUT2D eigenvalue weighted by Crippen LogP contribution is -2.47. The van der Waals surface area contributed by atoms with Crippen LogP contribution in [-0.2, 0) is 19.4 Å². The average Bonchev–Trinajstić information content (AvgIpc) is 3.18. The summed E-state index contributed by atoms with van der Waals surface area (Å²) >= 11 is 1.48. The minimum atomic E-state index is -2.97. The highest BCUT2D eigenvalue weighted by molar-refractivity contribution is 8.15. The standard InChI is InChI=1S/C15H22N2O4S2/c1-21-6-14(18)16-15-17(11-5-9-2-3-10(11)4-9)12-7-23(19,20)8-13(12)22-15/h9-13H,2-8H2,1H3/t9-,10-,11-,12+,13-/m1/s1. The summed E-state index contributed by atoms with van der Waals surface area (Å²) in [5.74, 6) is 1.52. The third kappa shape index (κ3) is 2.82. The number of ether oxygens (including phenoxy) is 1. The number of amides is 1. The molecule has 4 rings (SSSR count). The summed E-state index contributed by atoms with van der Waals surface area (Å²) in [5, 5.41) is 0.753. The van der Waals surface area contributed by atoms with Crippen molar-refractivity contribution < 1.29 is 17.9 Å². The number of nitrogens with zero attached hydrogens (tertiary/aromatic N) is 2. The monoisotopic (exact) mass is 358 g/mol. The molecule has 0 aromatic heterocycles. The van der Waals surface area contributed by atoms with Gasteiger partial charge in [0.1, 0.15) is 6.61 Å². The summed E-state index contributed by atoms with van der Waals surface area (Å²) in [6.07, 6.45) is 4.88. The number of hydrogen-bond acceptors (Lipinski definition) is 5. The summed E-state index contributed by atoms with van der Waals surface area (Å²) in [5.41, 5.74) is 0. The fourth-order valence-electron chi connectivity index (χ4n) is 4.79. The zero-order valence-electron chi connectivity index (χ0n) is 13.2. The third-order valence-electron chi connectivity index (χ3n) is 5.65. The summed E-state index contributed by atoms with van der Waals surface area (Å²) < 4.78 is 28.9. The van der Waals surface area contributed by atoms with Gasteiger partial charge in [0.2, 0.25) is 0 Å². The van der Waals surface area contributed by atoms with Gasteiger partial charge in [-0.25, -0.2) is 8.42 Å². The highest BCUT2D eigenvalue weighted by atomic mass is 32.2. The quantitative estimate of drug-likeness (QED) is 0.747. The molecule has 2 bridgehead atoms. The van der Waals surface area contributed by atoms with Crippen LogP contribution in [0.15, 0.2) is 4.99 Å². The fraction of sp³-hybridized carbons (Fsp3) is 0.867. The van der Waals surface area contributed by atoms with Gasteiger partial charge in [-0.2, -0.15) is 4.99 Å². The summed E-state index contributed by atoms with van der Waals surface area (Å²) in [6.45, 7) is -0.0255. The topological polar surface area (TPSA) is 76.0 Å². The number of sulfone groups is 1. The first-order valence-corrected chi connectivity index (χ1v) is 10.9. The van der Waals surface area contributed by atoms with Crippen LogP contribution in [0.25, 0.3) is 0 Å². The van der Waals surface area contributed by atoms with Crippen molar-refractivity contribution >= 4 is 32.7 Å². The molecular formula is C15H22N2O4S2. The summed E-state index contributed by atoms with van der Waals surface area (Å²) in [4.78, 5) is 18.4. The molecule has 4 aliphatic rings. The van der Waals surface area contributed by atoms with Crippen LogP contribution in [-0.4, -0.2) is 66.9 Å². The van der Waals surface area contributed by atoms with Gasteiger partial charge >= 0.3 is 0 Å². The molecule has 128 valence electrons. The van der Waals surface area contributed by atoms with Crippen molar-refractivity contribution in [2.24, 2.45) is 16.8 Å². The highest BCUT2D eigenvalue weighted by Gasteiger charge is 2.54. The molecule has 0 radical (unpaired) electrons. The van der Waals surface area contributed by atoms with Crippen LogP contribution in [0.5, 0.6) is 0 Å². The van der Waals surface area contributed by atoms with Gasteiger partial charge in [-0.1, -0.05) is 18.2 Å². The third-order valence-corrected chi connectivity index (χ3v) is 8.88. The van der Waals surface area contributed by atoms with Crippen molar-refractivity contribution in [3.8, 4) is 0 Å². The van der Waals surface area contributed by atoms with Gasteiger partial charge in [0.25, 0.3) is 5.91 Å². The molecule has 2 aliphatic heterocycles. The Morgan fingerprint density at radius 2 is 2.13 bits per heavy atom. The maximum atomic E-state index is 12.0. The number of hydrogen-bond donors (Lipinski definition) is 0. The van der Waals surface area contributed by atoms with Crippen LogP contribution in [0.4, 0.5) is 0 Å². The van der Waals surface area contributed by atoms with E-state index in [0.29, 0.717) is 12.0 Å². The average molecular weight is 358 g/mol. The second kappa shape index (κ2) is 5.74. The van der Waals surface area contributed by atoms with E-state index in [2.05, 4.69) is 9.89 Å². The Morgan fingerprint density at radius 3 is 2.78 bits per heavy atom. The van der Waals surface area contributed by atoms with Gasteiger partial charge in [0.05, 0.1) is 17.5 Å². The van der Waals surface area contributed by atoms with E-state index in [1.54, 1.807) is 0 Å². The minimum Gasteiger partial charge on any atom is -0.375 e. The molecule has 0 aromatic carbocycles. The lowest BCUT2D eigenvalue weighted by molar-refractivity contribution is -0.121. The Labute approximate surface area is 141 Å². The maximum Gasteiger partial charge on any atom is 0.274 e. The number of carbonyl (C=O) groups is 1. The molecule has 0 unspecified atom stereocenters. The smallest absolute Gasteiger partial charge is 0.274 e. The Balaban J connectivity index is 1.63. The van der Waals surface area contributed by atoms with E-state index in [-0.39, 0.29) is 35.3 Å². The minimum absolute atomic E-state index is 0.0107. The maximum absolute atomic E-state index is 12.0. The van der Waals surface area contributed by atoms with Crippen LogP contribution in [0.3, 0.4) is 0 Å². The van der Waals surface area contributed by atoms with Crippen LogP contribution in [0.1, 0.15) is 25.7 Å². The molecule has 2 heterocycles. The van der Waals surface area contributed by atoms with E-state index in [1.807, 2.05) is 0 Å². The lowest BCUT2D eigenvalue weighted by Gasteiger charge is -2.36. The molecule has 1 amide bonds. The normalized spacial score (nSPS) is 42.6. The fourth-order valence-corrected chi connectivity index (χ4v) is 8.78. The number of rotatable bonds is 3. The van der Waals surface area contributed by atoms with Crippen molar-refractivity contribution in [3.63, 3.8) is 0 Å². The SMILES string of the molecule is COCC(=O)N=C1S[C@@H]2CS(=O)(=O)C[C@@H]2N1[C@@H]1C[C@@H]2CC[C@@H]1C2. The Bertz CT molecular complexity index is 648. The summed E-state index contributed by atoms with van der Waals surface area (Å²) in [6, 6.07) is 0.349. The molecule has 6 nitrogen and oxygen atoms in total. The molecule has 2 saturated carbocycles. The van der Waals surface area contributed by atoms with Crippen molar-refractivity contribution in [2.75, 3.05) is 25.2 Å². The second-order valence-corrected chi connectivity index (χ2v) is 10.5. The number of carbonyl (C=O) groups excluding carboxylic acids is 1. The molecule has 8 heteroatoms. The van der Waals surface area contributed by atoms with E-state index < -0.39 is 9.84 Å². The van der Waals surface area contributed by atoms with Crippen LogP contribution < -0.4 is 0 Å². The van der Waals surface area contributed by atoms with E-state index in [1.165, 1.54) is 38.1 Å². The first-order valence-electron chi connectivity index (χ1n) is 8.22. The molecule has 23 heavy (non-hydrogen) atoms. The zero-order chi connectivity index (χ0) is 16.2. The Hall–Kier alpha value is -0.600. The predicted octanol–water partition coefficient (Wildman–Crippen LogP) is 0.918. The molecule has 2 aliphatic carbocycles. The van der Waals surface area contributed by atoms with Crippen LogP contribution in [0, 0.1) is 11.8 Å². The van der Waals surface area contributed by atoms with E-state index in [0.717, 1.165) is 17.5 Å². The number of aliphatic imine (C=N–C) groups is 1. The Kier molecular flexibility index (Phi) is 3.97. The molecule has 2 saturated heterocycles. The second-order valence-electron chi connectivity index (χ2n) is 7.17. The molecule has 5 atom stereocenters. The van der Waals surface area contributed by atoms with Crippen LogP contribution >= 0.6 is 11.8 Å². The number of amidine groups is 1. The largest absolute Gasteiger partial charge is 0.375 e. The van der Waals surface area contributed by atoms with Gasteiger partial charge in [-0.05, 0) is 31.1 Å². The van der Waals surface area contributed by atoms with E-state index in [4.69, 9.17) is 4.74 Å². The van der Waals surface area contributed by atoms with Crippen molar-refractivity contribution in [3.05, 3.63) is 0 Å². The molecule has 0 N–H and O–H groups in total. The Morgan fingerprint density at radius 1 is 1.30 bits per heavy atom. The van der Waals surface area contributed by atoms with E-state index in [9.17, 15) is 13.2 Å². The van der Waals surface area contributed by atoms with Gasteiger partial charge in [-0.3, -0.25) is 4.79 Å². The lowest BCUT2D eigenvalue weighted by atomic mass is 9.93. The highest BCUT2D eigenvalue weighted by Crippen LogP contribution is 2.51. The van der Waals surface area contributed by atoms with Crippen molar-refractivity contribution in [1.29, 1.82) is 0 Å². The number of methoxy groups -OCH3 is 1.